The minimum absolute atomic E-state index is 0.233. The van der Waals surface area contributed by atoms with E-state index in [1.54, 1.807) is 0 Å². The number of nitrogens with zero attached hydrogens (tertiary/aromatic N) is 1. The zero-order valence-electron chi connectivity index (χ0n) is 13.7. The molecule has 1 heterocycles. The summed E-state index contributed by atoms with van der Waals surface area (Å²) in [6, 6.07) is 0.759. The van der Waals surface area contributed by atoms with E-state index in [-0.39, 0.29) is 5.54 Å². The quantitative estimate of drug-likeness (QED) is 0.686. The highest BCUT2D eigenvalue weighted by molar-refractivity contribution is 4.76. The lowest BCUT2D eigenvalue weighted by Gasteiger charge is -2.22. The van der Waals surface area contributed by atoms with E-state index in [1.165, 1.54) is 32.2 Å². The molecular weight excluding hydrogens is 236 g/mol. The van der Waals surface area contributed by atoms with Crippen molar-refractivity contribution in [1.29, 1.82) is 0 Å². The molecule has 3 heteroatoms. The van der Waals surface area contributed by atoms with Gasteiger partial charge in [0, 0.05) is 18.2 Å². The Balaban J connectivity index is 1.97. The number of hydrogen-bond acceptors (Lipinski definition) is 3. The van der Waals surface area contributed by atoms with Crippen molar-refractivity contribution >= 4 is 0 Å². The molecule has 1 rings (SSSR count). The molecule has 0 amide bonds. The lowest BCUT2D eigenvalue weighted by Crippen LogP contribution is -2.36. The first kappa shape index (κ1) is 16.9. The minimum Gasteiger partial charge on any atom is -0.378 e. The van der Waals surface area contributed by atoms with Crippen molar-refractivity contribution in [2.24, 2.45) is 0 Å². The first-order valence-corrected chi connectivity index (χ1v) is 7.95. The molecule has 0 radical (unpaired) electrons. The highest BCUT2D eigenvalue weighted by Crippen LogP contribution is 2.18. The molecule has 1 N–H and O–H groups in total. The Morgan fingerprint density at radius 3 is 2.68 bits per heavy atom. The van der Waals surface area contributed by atoms with E-state index in [4.69, 9.17) is 4.74 Å². The third-order valence-electron chi connectivity index (χ3n) is 3.97. The van der Waals surface area contributed by atoms with Crippen LogP contribution in [0.5, 0.6) is 0 Å². The second kappa shape index (κ2) is 8.23. The van der Waals surface area contributed by atoms with Gasteiger partial charge in [-0.3, -0.25) is 0 Å². The van der Waals surface area contributed by atoms with Crippen molar-refractivity contribution in [2.75, 3.05) is 26.7 Å². The average Bonchev–Trinajstić information content (AvgIpc) is 2.70. The molecule has 2 atom stereocenters. The van der Waals surface area contributed by atoms with Gasteiger partial charge in [-0.2, -0.15) is 0 Å². The van der Waals surface area contributed by atoms with Crippen LogP contribution in [0.15, 0.2) is 0 Å². The van der Waals surface area contributed by atoms with Gasteiger partial charge in [0.25, 0.3) is 0 Å². The smallest absolute Gasteiger partial charge is 0.0547 e. The second-order valence-electron chi connectivity index (χ2n) is 7.07. The molecule has 3 nitrogen and oxygen atoms in total. The van der Waals surface area contributed by atoms with Gasteiger partial charge in [0.05, 0.1) is 6.10 Å². The molecule has 1 aliphatic rings. The molecule has 0 aromatic heterocycles. The fraction of sp³-hybridized carbons (Fsp3) is 1.00. The van der Waals surface area contributed by atoms with Crippen molar-refractivity contribution in [2.45, 2.75) is 77.5 Å². The number of hydrogen-bond donors (Lipinski definition) is 1. The van der Waals surface area contributed by atoms with Crippen molar-refractivity contribution in [3.63, 3.8) is 0 Å². The monoisotopic (exact) mass is 270 g/mol. The van der Waals surface area contributed by atoms with Crippen molar-refractivity contribution in [3.05, 3.63) is 0 Å². The number of likely N-dealkylation sites (tertiary alicyclic amines) is 1. The molecule has 1 aliphatic heterocycles. The van der Waals surface area contributed by atoms with Crippen LogP contribution < -0.4 is 5.32 Å². The average molecular weight is 270 g/mol. The van der Waals surface area contributed by atoms with Gasteiger partial charge in [-0.05, 0) is 79.9 Å². The summed E-state index contributed by atoms with van der Waals surface area (Å²) in [7, 11) is 2.24. The summed E-state index contributed by atoms with van der Waals surface area (Å²) >= 11 is 0. The number of rotatable bonds is 8. The van der Waals surface area contributed by atoms with Gasteiger partial charge in [-0.1, -0.05) is 0 Å². The second-order valence-corrected chi connectivity index (χ2v) is 7.07. The number of ether oxygens (including phenoxy) is 1. The first-order valence-electron chi connectivity index (χ1n) is 7.95. The third kappa shape index (κ3) is 7.91. The molecule has 0 bridgehead atoms. The molecule has 0 aromatic rings. The van der Waals surface area contributed by atoms with E-state index in [1.807, 2.05) is 0 Å². The molecule has 1 fully saturated rings. The Bertz CT molecular complexity index is 237. The molecule has 0 saturated carbocycles. The van der Waals surface area contributed by atoms with Crippen LogP contribution in [0.1, 0.15) is 59.8 Å². The van der Waals surface area contributed by atoms with E-state index in [0.717, 1.165) is 25.6 Å². The van der Waals surface area contributed by atoms with Gasteiger partial charge < -0.3 is 15.0 Å². The fourth-order valence-electron chi connectivity index (χ4n) is 2.69. The summed E-state index contributed by atoms with van der Waals surface area (Å²) < 4.78 is 5.93. The normalized spacial score (nSPS) is 22.9. The van der Waals surface area contributed by atoms with Crippen LogP contribution in [0.4, 0.5) is 0 Å². The minimum atomic E-state index is 0.233. The SMILES string of the molecule is CC(CCCNC(C)(C)C)OCCC1CCCN1C. The molecule has 114 valence electrons. The summed E-state index contributed by atoms with van der Waals surface area (Å²) in [6.45, 7) is 12.1. The molecule has 19 heavy (non-hydrogen) atoms. The van der Waals surface area contributed by atoms with Crippen LogP contribution >= 0.6 is 0 Å². The lowest BCUT2D eigenvalue weighted by molar-refractivity contribution is 0.0472. The van der Waals surface area contributed by atoms with Gasteiger partial charge in [0.1, 0.15) is 0 Å². The Kier molecular flexibility index (Phi) is 7.33. The van der Waals surface area contributed by atoms with Crippen LogP contribution in [-0.2, 0) is 4.74 Å². The highest BCUT2D eigenvalue weighted by Gasteiger charge is 2.20. The molecule has 1 saturated heterocycles. The van der Waals surface area contributed by atoms with Gasteiger partial charge in [-0.15, -0.1) is 0 Å². The summed E-state index contributed by atoms with van der Waals surface area (Å²) in [5, 5.41) is 3.52. The molecule has 0 aliphatic carbocycles. The van der Waals surface area contributed by atoms with Crippen LogP contribution in [-0.4, -0.2) is 49.3 Å². The van der Waals surface area contributed by atoms with Gasteiger partial charge in [0.15, 0.2) is 0 Å². The Hall–Kier alpha value is -0.120. The molecule has 0 aromatic carbocycles. The van der Waals surface area contributed by atoms with Gasteiger partial charge >= 0.3 is 0 Å². The van der Waals surface area contributed by atoms with Crippen molar-refractivity contribution < 1.29 is 4.74 Å². The molecule has 0 spiro atoms. The summed E-state index contributed by atoms with van der Waals surface area (Å²) in [6.07, 6.45) is 6.65. The maximum Gasteiger partial charge on any atom is 0.0547 e. The van der Waals surface area contributed by atoms with Crippen molar-refractivity contribution in [1.82, 2.24) is 10.2 Å². The Morgan fingerprint density at radius 2 is 2.11 bits per heavy atom. The maximum absolute atomic E-state index is 5.93. The van der Waals surface area contributed by atoms with E-state index >= 15 is 0 Å². The molecule has 2 unspecified atom stereocenters. The zero-order chi connectivity index (χ0) is 14.3. The van der Waals surface area contributed by atoms with Crippen LogP contribution in [0, 0.1) is 0 Å². The van der Waals surface area contributed by atoms with E-state index in [9.17, 15) is 0 Å². The third-order valence-corrected chi connectivity index (χ3v) is 3.97. The topological polar surface area (TPSA) is 24.5 Å². The van der Waals surface area contributed by atoms with E-state index < -0.39 is 0 Å². The van der Waals surface area contributed by atoms with Crippen molar-refractivity contribution in [3.8, 4) is 0 Å². The summed E-state index contributed by atoms with van der Waals surface area (Å²) in [4.78, 5) is 2.47. The standard InChI is InChI=1S/C16H34N2O/c1-14(8-6-11-17-16(2,3)4)19-13-10-15-9-7-12-18(15)5/h14-15,17H,6-13H2,1-5H3. The predicted molar refractivity (Wildman–Crippen MR) is 82.7 cm³/mol. The van der Waals surface area contributed by atoms with Crippen LogP contribution in [0.3, 0.4) is 0 Å². The van der Waals surface area contributed by atoms with Crippen LogP contribution in [0.25, 0.3) is 0 Å². The summed E-state index contributed by atoms with van der Waals surface area (Å²) in [5.74, 6) is 0. The zero-order valence-corrected chi connectivity index (χ0v) is 13.7. The maximum atomic E-state index is 5.93. The largest absolute Gasteiger partial charge is 0.378 e. The lowest BCUT2D eigenvalue weighted by atomic mass is 10.1. The van der Waals surface area contributed by atoms with E-state index in [0.29, 0.717) is 6.10 Å². The van der Waals surface area contributed by atoms with Gasteiger partial charge in [-0.25, -0.2) is 0 Å². The predicted octanol–water partition coefficient (Wildman–Crippen LogP) is 3.04. The highest BCUT2D eigenvalue weighted by atomic mass is 16.5. The fourth-order valence-corrected chi connectivity index (χ4v) is 2.69. The Morgan fingerprint density at radius 1 is 1.37 bits per heavy atom. The molecular formula is C16H34N2O. The number of nitrogens with one attached hydrogen (secondary N) is 1. The van der Waals surface area contributed by atoms with Crippen LogP contribution in [0.2, 0.25) is 0 Å². The first-order chi connectivity index (χ1) is 8.88. The van der Waals surface area contributed by atoms with E-state index in [2.05, 4.69) is 45.0 Å². The summed E-state index contributed by atoms with van der Waals surface area (Å²) in [5.41, 5.74) is 0.233. The Labute approximate surface area is 120 Å². The van der Waals surface area contributed by atoms with Gasteiger partial charge in [0.2, 0.25) is 0 Å².